The Bertz CT molecular complexity index is 656. The van der Waals surface area contributed by atoms with E-state index in [2.05, 4.69) is 24.6 Å². The smallest absolute Gasteiger partial charge is 0.138 e. The van der Waals surface area contributed by atoms with Crippen molar-refractivity contribution in [1.82, 2.24) is 4.57 Å². The molecule has 2 aromatic rings. The lowest BCUT2D eigenvalue weighted by molar-refractivity contribution is 0.415. The molecule has 1 aromatic heterocycles. The molecule has 0 bridgehead atoms. The highest BCUT2D eigenvalue weighted by atomic mass is 35.5. The van der Waals surface area contributed by atoms with Crippen molar-refractivity contribution >= 4 is 22.5 Å². The molecule has 19 heavy (non-hydrogen) atoms. The summed E-state index contributed by atoms with van der Waals surface area (Å²) < 4.78 is 7.55. The second-order valence-electron chi connectivity index (χ2n) is 5.51. The van der Waals surface area contributed by atoms with Crippen molar-refractivity contribution in [3.63, 3.8) is 0 Å². The normalized spacial score (nSPS) is 16.9. The van der Waals surface area contributed by atoms with Crippen LogP contribution in [0.4, 0.5) is 0 Å². The molecule has 102 valence electrons. The minimum atomic E-state index is 0.169. The maximum absolute atomic E-state index is 6.24. The van der Waals surface area contributed by atoms with E-state index in [0.717, 1.165) is 11.3 Å². The van der Waals surface area contributed by atoms with Gasteiger partial charge in [-0.2, -0.15) is 0 Å². The van der Waals surface area contributed by atoms with Gasteiger partial charge in [0, 0.05) is 30.1 Å². The van der Waals surface area contributed by atoms with Crippen molar-refractivity contribution in [3.05, 3.63) is 28.4 Å². The Labute approximate surface area is 118 Å². The van der Waals surface area contributed by atoms with E-state index in [4.69, 9.17) is 22.1 Å². The lowest BCUT2D eigenvalue weighted by Crippen LogP contribution is -2.20. The molecule has 0 radical (unpaired) electrons. The summed E-state index contributed by atoms with van der Waals surface area (Å²) in [6.45, 7) is 2.86. The van der Waals surface area contributed by atoms with E-state index in [9.17, 15) is 0 Å². The highest BCUT2D eigenvalue weighted by Crippen LogP contribution is 2.52. The topological polar surface area (TPSA) is 40.2 Å². The molecule has 1 heterocycles. The summed E-state index contributed by atoms with van der Waals surface area (Å²) in [4.78, 5) is 0. The summed E-state index contributed by atoms with van der Waals surface area (Å²) in [5.41, 5.74) is 9.98. The molecular formula is C15H19ClN2O. The molecule has 1 saturated carbocycles. The number of nitrogens with zero attached hydrogens (tertiary/aromatic N) is 1. The zero-order valence-electron chi connectivity index (χ0n) is 11.6. The Morgan fingerprint density at radius 3 is 2.63 bits per heavy atom. The molecule has 0 saturated heterocycles. The number of hydrogen-bond acceptors (Lipinski definition) is 2. The number of aryl methyl sites for hydroxylation is 1. The minimum Gasteiger partial charge on any atom is -0.495 e. The molecule has 1 aliphatic carbocycles. The van der Waals surface area contributed by atoms with Gasteiger partial charge >= 0.3 is 0 Å². The lowest BCUT2D eigenvalue weighted by Gasteiger charge is -2.14. The summed E-state index contributed by atoms with van der Waals surface area (Å²) in [6.07, 6.45) is 2.35. The molecule has 0 unspecified atom stereocenters. The number of benzene rings is 1. The summed E-state index contributed by atoms with van der Waals surface area (Å²) in [5, 5.41) is 1.88. The van der Waals surface area contributed by atoms with Crippen LogP contribution in [0.15, 0.2) is 12.1 Å². The van der Waals surface area contributed by atoms with Crippen LogP contribution in [0.2, 0.25) is 5.02 Å². The Kier molecular flexibility index (Phi) is 2.80. The molecule has 4 heteroatoms. The maximum atomic E-state index is 6.24. The van der Waals surface area contributed by atoms with Crippen LogP contribution in [0.25, 0.3) is 10.9 Å². The first-order valence-electron chi connectivity index (χ1n) is 6.57. The lowest BCUT2D eigenvalue weighted by atomic mass is 9.93. The Hall–Kier alpha value is -1.19. The summed E-state index contributed by atoms with van der Waals surface area (Å²) in [5.74, 6) is 0.730. The van der Waals surface area contributed by atoms with Gasteiger partial charge in [0.2, 0.25) is 0 Å². The number of rotatable bonds is 3. The predicted molar refractivity (Wildman–Crippen MR) is 79.2 cm³/mol. The zero-order chi connectivity index (χ0) is 13.8. The van der Waals surface area contributed by atoms with Crippen LogP contribution in [0, 0.1) is 6.92 Å². The quantitative estimate of drug-likeness (QED) is 0.937. The van der Waals surface area contributed by atoms with Crippen LogP contribution in [0.3, 0.4) is 0 Å². The highest BCUT2D eigenvalue weighted by molar-refractivity contribution is 6.32. The number of halogens is 1. The van der Waals surface area contributed by atoms with Gasteiger partial charge in [-0.15, -0.1) is 0 Å². The fourth-order valence-electron chi connectivity index (χ4n) is 3.10. The maximum Gasteiger partial charge on any atom is 0.138 e. The molecule has 3 rings (SSSR count). The van der Waals surface area contributed by atoms with Gasteiger partial charge in [-0.05, 0) is 37.5 Å². The average Bonchev–Trinajstić information content (AvgIpc) is 3.15. The third-order valence-electron chi connectivity index (χ3n) is 4.54. The number of fused-ring (bicyclic) bond motifs is 1. The molecule has 0 aliphatic heterocycles. The third kappa shape index (κ3) is 1.68. The number of methoxy groups -OCH3 is 1. The van der Waals surface area contributed by atoms with E-state index in [1.165, 1.54) is 29.5 Å². The van der Waals surface area contributed by atoms with E-state index in [1.807, 2.05) is 6.07 Å². The van der Waals surface area contributed by atoms with Gasteiger partial charge < -0.3 is 15.0 Å². The van der Waals surface area contributed by atoms with E-state index in [-0.39, 0.29) is 5.41 Å². The first kappa shape index (κ1) is 12.8. The Morgan fingerprint density at radius 2 is 2.11 bits per heavy atom. The van der Waals surface area contributed by atoms with Crippen LogP contribution < -0.4 is 10.5 Å². The largest absolute Gasteiger partial charge is 0.495 e. The SMILES string of the molecule is COc1cc2c(C3(CN)CC3)c(C)n(C)c2cc1Cl. The first-order valence-corrected chi connectivity index (χ1v) is 6.95. The van der Waals surface area contributed by atoms with E-state index >= 15 is 0 Å². The van der Waals surface area contributed by atoms with Gasteiger partial charge in [0.15, 0.2) is 0 Å². The molecule has 1 fully saturated rings. The molecule has 0 amide bonds. The summed E-state index contributed by atoms with van der Waals surface area (Å²) in [6, 6.07) is 4.04. The van der Waals surface area contributed by atoms with Crippen molar-refractivity contribution in [2.45, 2.75) is 25.2 Å². The van der Waals surface area contributed by atoms with E-state index in [1.54, 1.807) is 7.11 Å². The fraction of sp³-hybridized carbons (Fsp3) is 0.467. The summed E-state index contributed by atoms with van der Waals surface area (Å²) >= 11 is 6.24. The van der Waals surface area contributed by atoms with Gasteiger partial charge in [0.1, 0.15) is 5.75 Å². The Morgan fingerprint density at radius 1 is 1.42 bits per heavy atom. The second-order valence-corrected chi connectivity index (χ2v) is 5.91. The number of aromatic nitrogens is 1. The zero-order valence-corrected chi connectivity index (χ0v) is 12.3. The standard InChI is InChI=1S/C15H19ClN2O/c1-9-14(15(8-17)4-5-15)10-6-13(19-3)11(16)7-12(10)18(9)2/h6-7H,4-5,8,17H2,1-3H3. The van der Waals surface area contributed by atoms with Crippen molar-refractivity contribution in [2.75, 3.05) is 13.7 Å². The molecule has 0 spiro atoms. The van der Waals surface area contributed by atoms with Crippen LogP contribution in [-0.2, 0) is 12.5 Å². The number of ether oxygens (including phenoxy) is 1. The molecule has 0 atom stereocenters. The van der Waals surface area contributed by atoms with Crippen LogP contribution in [0.1, 0.15) is 24.1 Å². The van der Waals surface area contributed by atoms with Crippen molar-refractivity contribution < 1.29 is 4.74 Å². The minimum absolute atomic E-state index is 0.169. The predicted octanol–water partition coefficient (Wildman–Crippen LogP) is 3.14. The second kappa shape index (κ2) is 4.15. The van der Waals surface area contributed by atoms with Crippen LogP contribution in [0.5, 0.6) is 5.75 Å². The van der Waals surface area contributed by atoms with Gasteiger partial charge in [0.05, 0.1) is 17.6 Å². The van der Waals surface area contributed by atoms with Crippen molar-refractivity contribution in [2.24, 2.45) is 12.8 Å². The summed E-state index contributed by atoms with van der Waals surface area (Å²) in [7, 11) is 3.73. The van der Waals surface area contributed by atoms with Gasteiger partial charge in [0.25, 0.3) is 0 Å². The molecule has 1 aromatic carbocycles. The molecular weight excluding hydrogens is 260 g/mol. The molecule has 1 aliphatic rings. The molecule has 3 nitrogen and oxygen atoms in total. The number of hydrogen-bond donors (Lipinski definition) is 1. The number of nitrogens with two attached hydrogens (primary N) is 1. The average molecular weight is 279 g/mol. The Balaban J connectivity index is 2.35. The van der Waals surface area contributed by atoms with Gasteiger partial charge in [-0.1, -0.05) is 11.6 Å². The fourth-order valence-corrected chi connectivity index (χ4v) is 3.33. The first-order chi connectivity index (χ1) is 9.04. The van der Waals surface area contributed by atoms with E-state index in [0.29, 0.717) is 11.6 Å². The van der Waals surface area contributed by atoms with Gasteiger partial charge in [-0.25, -0.2) is 0 Å². The molecule has 2 N–H and O–H groups in total. The monoisotopic (exact) mass is 278 g/mol. The van der Waals surface area contributed by atoms with Gasteiger partial charge in [-0.3, -0.25) is 0 Å². The van der Waals surface area contributed by atoms with Crippen molar-refractivity contribution in [3.8, 4) is 5.75 Å². The van der Waals surface area contributed by atoms with Crippen LogP contribution >= 0.6 is 11.6 Å². The highest BCUT2D eigenvalue weighted by Gasteiger charge is 2.46. The van der Waals surface area contributed by atoms with Crippen molar-refractivity contribution in [1.29, 1.82) is 0 Å². The van der Waals surface area contributed by atoms with E-state index < -0.39 is 0 Å². The third-order valence-corrected chi connectivity index (χ3v) is 4.84. The van der Waals surface area contributed by atoms with Crippen LogP contribution in [-0.4, -0.2) is 18.2 Å².